The third-order valence-electron chi connectivity index (χ3n) is 4.10. The number of nitrogens with one attached hydrogen (secondary N) is 3. The lowest BCUT2D eigenvalue weighted by molar-refractivity contribution is 0.0997. The summed E-state index contributed by atoms with van der Waals surface area (Å²) in [6.07, 6.45) is 1.29. The Labute approximate surface area is 182 Å². The molecular formula is C20H22FN7O2S. The Kier molecular flexibility index (Phi) is 7.11. The number of aromatic nitrogens is 2. The molecule has 2 heterocycles. The van der Waals surface area contributed by atoms with Crippen LogP contribution in [0.25, 0.3) is 0 Å². The number of primary amides is 1. The highest BCUT2D eigenvalue weighted by Crippen LogP contribution is 2.31. The molecule has 162 valence electrons. The number of benzene rings is 1. The molecule has 0 saturated heterocycles. The minimum absolute atomic E-state index is 0.0858. The highest BCUT2D eigenvalue weighted by Gasteiger charge is 2.19. The van der Waals surface area contributed by atoms with Gasteiger partial charge in [0.25, 0.3) is 11.8 Å². The van der Waals surface area contributed by atoms with Crippen molar-refractivity contribution in [3.05, 3.63) is 59.8 Å². The van der Waals surface area contributed by atoms with E-state index in [4.69, 9.17) is 5.73 Å². The second kappa shape index (κ2) is 9.96. The van der Waals surface area contributed by atoms with Crippen molar-refractivity contribution < 1.29 is 14.0 Å². The number of nitrogens with zero attached hydrogens (tertiary/aromatic N) is 3. The van der Waals surface area contributed by atoms with Gasteiger partial charge in [0.15, 0.2) is 10.8 Å². The number of rotatable bonds is 9. The van der Waals surface area contributed by atoms with Gasteiger partial charge in [-0.15, -0.1) is 0 Å². The van der Waals surface area contributed by atoms with Gasteiger partial charge < -0.3 is 26.6 Å². The van der Waals surface area contributed by atoms with E-state index in [1.807, 2.05) is 14.1 Å². The summed E-state index contributed by atoms with van der Waals surface area (Å²) < 4.78 is 13.3. The van der Waals surface area contributed by atoms with Gasteiger partial charge >= 0.3 is 0 Å². The van der Waals surface area contributed by atoms with E-state index in [0.29, 0.717) is 11.3 Å². The molecule has 31 heavy (non-hydrogen) atoms. The maximum absolute atomic E-state index is 13.3. The standard InChI is InChI=1S/C20H22FN7O2S/c1-28(2)10-9-23-13-5-3-12(4-6-13)18(30)27-19-16(17(22)29)26-20(31-19)25-14-7-8-24-15(21)11-14/h3-8,11,23H,9-10H2,1-2H3,(H2,22,29)(H,27,30)(H,24,25,26). The maximum Gasteiger partial charge on any atom is 0.270 e. The summed E-state index contributed by atoms with van der Waals surface area (Å²) >= 11 is 1.01. The van der Waals surface area contributed by atoms with E-state index in [0.717, 1.165) is 30.1 Å². The normalized spacial score (nSPS) is 10.7. The van der Waals surface area contributed by atoms with Crippen LogP contribution in [0.3, 0.4) is 0 Å². The predicted molar refractivity (Wildman–Crippen MR) is 120 cm³/mol. The fourth-order valence-corrected chi connectivity index (χ4v) is 3.45. The van der Waals surface area contributed by atoms with E-state index in [-0.39, 0.29) is 15.8 Å². The molecule has 11 heteroatoms. The Morgan fingerprint density at radius 3 is 2.55 bits per heavy atom. The number of hydrogen-bond donors (Lipinski definition) is 4. The summed E-state index contributed by atoms with van der Waals surface area (Å²) in [5.41, 5.74) is 7.01. The monoisotopic (exact) mass is 443 g/mol. The molecule has 1 aromatic carbocycles. The number of hydrogen-bond acceptors (Lipinski definition) is 8. The van der Waals surface area contributed by atoms with Gasteiger partial charge in [0.1, 0.15) is 5.00 Å². The zero-order valence-corrected chi connectivity index (χ0v) is 17.8. The number of likely N-dealkylation sites (N-methyl/N-ethyl adjacent to an activating group) is 1. The number of anilines is 4. The van der Waals surface area contributed by atoms with Gasteiger partial charge in [-0.2, -0.15) is 4.39 Å². The number of pyridine rings is 1. The van der Waals surface area contributed by atoms with Crippen molar-refractivity contribution in [1.29, 1.82) is 0 Å². The molecule has 2 aromatic heterocycles. The van der Waals surface area contributed by atoms with Crippen molar-refractivity contribution in [3.8, 4) is 0 Å². The van der Waals surface area contributed by atoms with E-state index in [9.17, 15) is 14.0 Å². The molecule has 0 aliphatic rings. The molecule has 5 N–H and O–H groups in total. The molecule has 0 unspecified atom stereocenters. The molecule has 0 fully saturated rings. The summed E-state index contributed by atoms with van der Waals surface area (Å²) in [5.74, 6) is -1.86. The summed E-state index contributed by atoms with van der Waals surface area (Å²) in [4.78, 5) is 34.0. The Balaban J connectivity index is 1.70. The van der Waals surface area contributed by atoms with Crippen LogP contribution >= 0.6 is 11.3 Å². The van der Waals surface area contributed by atoms with Crippen LogP contribution in [0.5, 0.6) is 0 Å². The number of amides is 2. The zero-order chi connectivity index (χ0) is 22.4. The van der Waals surface area contributed by atoms with E-state index < -0.39 is 17.8 Å². The minimum atomic E-state index is -0.791. The van der Waals surface area contributed by atoms with Crippen LogP contribution in [0.2, 0.25) is 0 Å². The highest BCUT2D eigenvalue weighted by atomic mass is 32.1. The van der Waals surface area contributed by atoms with E-state index in [2.05, 4.69) is 30.8 Å². The smallest absolute Gasteiger partial charge is 0.270 e. The predicted octanol–water partition coefficient (Wildman–Crippen LogP) is 2.75. The first-order chi connectivity index (χ1) is 14.8. The first-order valence-electron chi connectivity index (χ1n) is 9.31. The largest absolute Gasteiger partial charge is 0.384 e. The molecule has 0 aliphatic carbocycles. The minimum Gasteiger partial charge on any atom is -0.384 e. The molecule has 0 saturated carbocycles. The lowest BCUT2D eigenvalue weighted by Crippen LogP contribution is -2.20. The van der Waals surface area contributed by atoms with Crippen molar-refractivity contribution in [2.24, 2.45) is 5.73 Å². The van der Waals surface area contributed by atoms with Crippen molar-refractivity contribution in [2.75, 3.05) is 43.1 Å². The third kappa shape index (κ3) is 6.20. The van der Waals surface area contributed by atoms with Gasteiger partial charge in [0.2, 0.25) is 5.95 Å². The van der Waals surface area contributed by atoms with Crippen molar-refractivity contribution in [1.82, 2.24) is 14.9 Å². The Morgan fingerprint density at radius 2 is 1.90 bits per heavy atom. The summed E-state index contributed by atoms with van der Waals surface area (Å²) in [6.45, 7) is 1.66. The Morgan fingerprint density at radius 1 is 1.16 bits per heavy atom. The van der Waals surface area contributed by atoms with Gasteiger partial charge in [0, 0.05) is 42.3 Å². The van der Waals surface area contributed by atoms with Crippen molar-refractivity contribution in [2.45, 2.75) is 0 Å². The lowest BCUT2D eigenvalue weighted by atomic mass is 10.2. The van der Waals surface area contributed by atoms with E-state index in [1.165, 1.54) is 12.3 Å². The Bertz CT molecular complexity index is 1070. The van der Waals surface area contributed by atoms with Crippen LogP contribution in [-0.4, -0.2) is 53.9 Å². The summed E-state index contributed by atoms with van der Waals surface area (Å²) in [6, 6.07) is 9.68. The fourth-order valence-electron chi connectivity index (χ4n) is 2.57. The molecule has 2 amide bonds. The molecule has 0 atom stereocenters. The average Bonchev–Trinajstić information content (AvgIpc) is 3.10. The number of thiazole rings is 1. The van der Waals surface area contributed by atoms with Crippen molar-refractivity contribution in [3.63, 3.8) is 0 Å². The van der Waals surface area contributed by atoms with Gasteiger partial charge in [-0.1, -0.05) is 11.3 Å². The quantitative estimate of drug-likeness (QED) is 0.375. The Hall–Kier alpha value is -3.57. The number of carbonyl (C=O) groups excluding carboxylic acids is 2. The van der Waals surface area contributed by atoms with Gasteiger partial charge in [0.05, 0.1) is 0 Å². The van der Waals surface area contributed by atoms with Crippen LogP contribution in [0.4, 0.5) is 25.9 Å². The van der Waals surface area contributed by atoms with Crippen LogP contribution in [-0.2, 0) is 0 Å². The fraction of sp³-hybridized carbons (Fsp3) is 0.200. The van der Waals surface area contributed by atoms with Crippen LogP contribution < -0.4 is 21.7 Å². The van der Waals surface area contributed by atoms with E-state index >= 15 is 0 Å². The molecule has 0 spiro atoms. The molecule has 0 radical (unpaired) electrons. The van der Waals surface area contributed by atoms with Crippen LogP contribution in [0.1, 0.15) is 20.8 Å². The average molecular weight is 444 g/mol. The summed E-state index contributed by atoms with van der Waals surface area (Å²) in [5, 5.41) is 9.27. The number of nitrogens with two attached hydrogens (primary N) is 1. The highest BCUT2D eigenvalue weighted by molar-refractivity contribution is 7.20. The van der Waals surface area contributed by atoms with Gasteiger partial charge in [-0.25, -0.2) is 9.97 Å². The first kappa shape index (κ1) is 22.1. The third-order valence-corrected chi connectivity index (χ3v) is 4.99. The molecular weight excluding hydrogens is 421 g/mol. The number of halogens is 1. The molecule has 3 rings (SSSR count). The maximum atomic E-state index is 13.3. The van der Waals surface area contributed by atoms with Gasteiger partial charge in [-0.3, -0.25) is 9.59 Å². The second-order valence-corrected chi connectivity index (χ2v) is 7.81. The lowest BCUT2D eigenvalue weighted by Gasteiger charge is -2.11. The number of carbonyl (C=O) groups is 2. The van der Waals surface area contributed by atoms with Crippen LogP contribution in [0, 0.1) is 5.95 Å². The van der Waals surface area contributed by atoms with Gasteiger partial charge in [-0.05, 0) is 44.4 Å². The van der Waals surface area contributed by atoms with Crippen molar-refractivity contribution >= 4 is 44.7 Å². The molecule has 9 nitrogen and oxygen atoms in total. The topological polar surface area (TPSA) is 125 Å². The second-order valence-electron chi connectivity index (χ2n) is 6.81. The van der Waals surface area contributed by atoms with Crippen LogP contribution in [0.15, 0.2) is 42.6 Å². The summed E-state index contributed by atoms with van der Waals surface area (Å²) in [7, 11) is 3.98. The SMILES string of the molecule is CN(C)CCNc1ccc(C(=O)Nc2sc(Nc3ccnc(F)c3)nc2C(N)=O)cc1. The first-order valence-corrected chi connectivity index (χ1v) is 10.1. The van der Waals surface area contributed by atoms with E-state index in [1.54, 1.807) is 30.3 Å². The zero-order valence-electron chi connectivity index (χ0n) is 17.0. The molecule has 0 bridgehead atoms. The molecule has 0 aliphatic heterocycles. The molecule has 3 aromatic rings.